The number of aromatic nitrogens is 2. The fourth-order valence-corrected chi connectivity index (χ4v) is 3.29. The van der Waals surface area contributed by atoms with Gasteiger partial charge in [0.2, 0.25) is 0 Å². The molecule has 1 aliphatic carbocycles. The van der Waals surface area contributed by atoms with Crippen molar-refractivity contribution in [1.82, 2.24) is 15.1 Å². The van der Waals surface area contributed by atoms with Gasteiger partial charge in [0.15, 0.2) is 0 Å². The molecule has 3 atom stereocenters. The highest BCUT2D eigenvalue weighted by Gasteiger charge is 2.43. The lowest BCUT2D eigenvalue weighted by Crippen LogP contribution is -2.31. The van der Waals surface area contributed by atoms with E-state index in [2.05, 4.69) is 60.8 Å². The average Bonchev–Trinajstić information content (AvgIpc) is 3.18. The van der Waals surface area contributed by atoms with Gasteiger partial charge in [0.25, 0.3) is 0 Å². The molecule has 0 spiro atoms. The van der Waals surface area contributed by atoms with Gasteiger partial charge in [-0.05, 0) is 43.9 Å². The summed E-state index contributed by atoms with van der Waals surface area (Å²) in [5, 5.41) is 7.95. The zero-order chi connectivity index (χ0) is 14.1. The quantitative estimate of drug-likeness (QED) is 0.904. The number of aryl methyl sites for hydroxylation is 2. The first-order valence-electron chi connectivity index (χ1n) is 7.40. The van der Waals surface area contributed by atoms with Crippen molar-refractivity contribution < 1.29 is 0 Å². The van der Waals surface area contributed by atoms with E-state index >= 15 is 0 Å². The first-order valence-corrected chi connectivity index (χ1v) is 7.40. The number of hydrogen-bond acceptors (Lipinski definition) is 2. The van der Waals surface area contributed by atoms with Crippen LogP contribution in [0.4, 0.5) is 0 Å². The van der Waals surface area contributed by atoms with Gasteiger partial charge in [0, 0.05) is 25.2 Å². The standard InChI is InChI=1S/C17H23N3/c1-12-9-14(20(3)19-12)10-17(18-2)16-11-15(16)13-7-5-4-6-8-13/h4-9,15-18H,10-11H2,1-3H3. The van der Waals surface area contributed by atoms with Crippen LogP contribution < -0.4 is 5.32 Å². The van der Waals surface area contributed by atoms with E-state index in [0.717, 1.165) is 24.0 Å². The van der Waals surface area contributed by atoms with Crippen molar-refractivity contribution in [3.05, 3.63) is 53.3 Å². The van der Waals surface area contributed by atoms with Gasteiger partial charge in [-0.3, -0.25) is 4.68 Å². The fraction of sp³-hybridized carbons (Fsp3) is 0.471. The summed E-state index contributed by atoms with van der Waals surface area (Å²) >= 11 is 0. The zero-order valence-electron chi connectivity index (χ0n) is 12.5. The maximum absolute atomic E-state index is 4.44. The summed E-state index contributed by atoms with van der Waals surface area (Å²) in [6, 6.07) is 13.6. The predicted molar refractivity (Wildman–Crippen MR) is 81.8 cm³/mol. The Morgan fingerprint density at radius 2 is 2.10 bits per heavy atom. The molecule has 1 fully saturated rings. The molecule has 1 aromatic carbocycles. The van der Waals surface area contributed by atoms with Crippen molar-refractivity contribution in [2.45, 2.75) is 31.7 Å². The molecule has 3 unspecified atom stereocenters. The Balaban J connectivity index is 1.68. The third kappa shape index (κ3) is 2.63. The highest BCUT2D eigenvalue weighted by atomic mass is 15.3. The number of nitrogens with zero attached hydrogens (tertiary/aromatic N) is 2. The second-order valence-corrected chi connectivity index (χ2v) is 5.92. The molecule has 3 nitrogen and oxygen atoms in total. The highest BCUT2D eigenvalue weighted by molar-refractivity contribution is 5.27. The Bertz CT molecular complexity index is 573. The maximum atomic E-state index is 4.44. The van der Waals surface area contributed by atoms with E-state index in [4.69, 9.17) is 0 Å². The minimum Gasteiger partial charge on any atom is -0.316 e. The molecule has 3 heteroatoms. The molecule has 0 radical (unpaired) electrons. The van der Waals surface area contributed by atoms with Crippen molar-refractivity contribution in [1.29, 1.82) is 0 Å². The molecule has 0 aliphatic heterocycles. The van der Waals surface area contributed by atoms with E-state index in [1.807, 2.05) is 11.7 Å². The van der Waals surface area contributed by atoms with Crippen LogP contribution in [-0.4, -0.2) is 22.9 Å². The number of hydrogen-bond donors (Lipinski definition) is 1. The average molecular weight is 269 g/mol. The summed E-state index contributed by atoms with van der Waals surface area (Å²) in [7, 11) is 4.12. The molecule has 106 valence electrons. The van der Waals surface area contributed by atoms with Crippen LogP contribution in [0.25, 0.3) is 0 Å². The second-order valence-electron chi connectivity index (χ2n) is 5.92. The molecule has 0 amide bonds. The van der Waals surface area contributed by atoms with Crippen LogP contribution in [0, 0.1) is 12.8 Å². The molecular formula is C17H23N3. The van der Waals surface area contributed by atoms with Crippen LogP contribution in [0.15, 0.2) is 36.4 Å². The van der Waals surface area contributed by atoms with Gasteiger partial charge in [-0.15, -0.1) is 0 Å². The smallest absolute Gasteiger partial charge is 0.0596 e. The highest BCUT2D eigenvalue weighted by Crippen LogP contribution is 2.49. The predicted octanol–water partition coefficient (Wildman–Crippen LogP) is 2.66. The molecule has 3 rings (SSSR count). The van der Waals surface area contributed by atoms with Gasteiger partial charge >= 0.3 is 0 Å². The van der Waals surface area contributed by atoms with Crippen LogP contribution >= 0.6 is 0 Å². The monoisotopic (exact) mass is 269 g/mol. The third-order valence-electron chi connectivity index (χ3n) is 4.48. The van der Waals surface area contributed by atoms with E-state index in [1.54, 1.807) is 0 Å². The summed E-state index contributed by atoms with van der Waals surface area (Å²) < 4.78 is 2.01. The van der Waals surface area contributed by atoms with E-state index in [9.17, 15) is 0 Å². The van der Waals surface area contributed by atoms with Gasteiger partial charge in [0.05, 0.1) is 5.69 Å². The Kier molecular flexibility index (Phi) is 3.62. The van der Waals surface area contributed by atoms with Crippen molar-refractivity contribution in [3.63, 3.8) is 0 Å². The van der Waals surface area contributed by atoms with Crippen molar-refractivity contribution in [2.24, 2.45) is 13.0 Å². The van der Waals surface area contributed by atoms with Gasteiger partial charge in [-0.1, -0.05) is 30.3 Å². The van der Waals surface area contributed by atoms with E-state index in [-0.39, 0.29) is 0 Å². The lowest BCUT2D eigenvalue weighted by Gasteiger charge is -2.16. The number of rotatable bonds is 5. The maximum Gasteiger partial charge on any atom is 0.0596 e. The molecule has 2 aromatic rings. The summed E-state index contributed by atoms with van der Waals surface area (Å²) in [6.45, 7) is 2.06. The topological polar surface area (TPSA) is 29.9 Å². The number of nitrogens with one attached hydrogen (secondary N) is 1. The molecule has 1 aliphatic rings. The first-order chi connectivity index (χ1) is 9.69. The number of benzene rings is 1. The Morgan fingerprint density at radius 3 is 2.70 bits per heavy atom. The zero-order valence-corrected chi connectivity index (χ0v) is 12.5. The molecule has 0 bridgehead atoms. The molecular weight excluding hydrogens is 246 g/mol. The molecule has 1 aromatic heterocycles. The van der Waals surface area contributed by atoms with Crippen LogP contribution in [-0.2, 0) is 13.5 Å². The summed E-state index contributed by atoms with van der Waals surface area (Å²) in [5.74, 6) is 1.47. The fourth-order valence-electron chi connectivity index (χ4n) is 3.29. The lowest BCUT2D eigenvalue weighted by molar-refractivity contribution is 0.476. The molecule has 0 saturated heterocycles. The van der Waals surface area contributed by atoms with Crippen LogP contribution in [0.5, 0.6) is 0 Å². The van der Waals surface area contributed by atoms with Gasteiger partial charge in [0.1, 0.15) is 0 Å². The Hall–Kier alpha value is -1.61. The minimum absolute atomic E-state index is 0.537. The summed E-state index contributed by atoms with van der Waals surface area (Å²) in [6.07, 6.45) is 2.36. The second kappa shape index (κ2) is 5.41. The largest absolute Gasteiger partial charge is 0.316 e. The first kappa shape index (κ1) is 13.4. The van der Waals surface area contributed by atoms with E-state index in [1.165, 1.54) is 17.7 Å². The molecule has 1 saturated carbocycles. The third-order valence-corrected chi connectivity index (χ3v) is 4.48. The SMILES string of the molecule is CNC(Cc1cc(C)nn1C)C1CC1c1ccccc1. The molecule has 20 heavy (non-hydrogen) atoms. The summed E-state index contributed by atoms with van der Waals surface area (Å²) in [4.78, 5) is 0. The van der Waals surface area contributed by atoms with Gasteiger partial charge < -0.3 is 5.32 Å². The van der Waals surface area contributed by atoms with Crippen molar-refractivity contribution >= 4 is 0 Å². The Labute approximate surface area is 121 Å². The van der Waals surface area contributed by atoms with Gasteiger partial charge in [-0.2, -0.15) is 5.10 Å². The van der Waals surface area contributed by atoms with Gasteiger partial charge in [-0.25, -0.2) is 0 Å². The van der Waals surface area contributed by atoms with Crippen molar-refractivity contribution in [2.75, 3.05) is 7.05 Å². The molecule has 1 N–H and O–H groups in total. The van der Waals surface area contributed by atoms with Crippen LogP contribution in [0.3, 0.4) is 0 Å². The van der Waals surface area contributed by atoms with E-state index < -0.39 is 0 Å². The van der Waals surface area contributed by atoms with Crippen LogP contribution in [0.1, 0.15) is 29.3 Å². The van der Waals surface area contributed by atoms with E-state index in [0.29, 0.717) is 6.04 Å². The lowest BCUT2D eigenvalue weighted by atomic mass is 10.0. The Morgan fingerprint density at radius 1 is 1.35 bits per heavy atom. The minimum atomic E-state index is 0.537. The van der Waals surface area contributed by atoms with Crippen molar-refractivity contribution in [3.8, 4) is 0 Å². The summed E-state index contributed by atoms with van der Waals surface area (Å²) in [5.41, 5.74) is 3.91. The molecule has 1 heterocycles. The van der Waals surface area contributed by atoms with Crippen LogP contribution in [0.2, 0.25) is 0 Å². The number of likely N-dealkylation sites (N-methyl/N-ethyl adjacent to an activating group) is 1. The normalized spacial score (nSPS) is 22.8.